The Morgan fingerprint density at radius 3 is 2.43 bits per heavy atom. The van der Waals surface area contributed by atoms with Gasteiger partial charge in [0.2, 0.25) is 0 Å². The van der Waals surface area contributed by atoms with E-state index in [1.807, 2.05) is 48.5 Å². The topological polar surface area (TPSA) is 62.7 Å². The Morgan fingerprint density at radius 1 is 1.11 bits per heavy atom. The minimum Gasteiger partial charge on any atom is -0.497 e. The molecule has 5 heteroatoms. The van der Waals surface area contributed by atoms with Gasteiger partial charge in [-0.3, -0.25) is 0 Å². The van der Waals surface area contributed by atoms with Crippen LogP contribution < -0.4 is 9.64 Å². The molecule has 1 fully saturated rings. The highest BCUT2D eigenvalue weighted by Gasteiger charge is 2.27. The average molecular weight is 376 g/mol. The zero-order valence-electron chi connectivity index (χ0n) is 16.2. The van der Waals surface area contributed by atoms with Gasteiger partial charge in [0.15, 0.2) is 0 Å². The third-order valence-electron chi connectivity index (χ3n) is 5.54. The van der Waals surface area contributed by atoms with Crippen molar-refractivity contribution >= 4 is 22.6 Å². The Labute approximate surface area is 164 Å². The first-order chi connectivity index (χ1) is 13.6. The van der Waals surface area contributed by atoms with Crippen LogP contribution in [0.2, 0.25) is 0 Å². The van der Waals surface area contributed by atoms with Crippen LogP contribution in [-0.4, -0.2) is 36.3 Å². The molecule has 0 spiro atoms. The lowest BCUT2D eigenvalue weighted by Gasteiger charge is -2.34. The van der Waals surface area contributed by atoms with Gasteiger partial charge in [-0.25, -0.2) is 9.78 Å². The molecule has 5 nitrogen and oxygen atoms in total. The molecule has 1 N–H and O–H groups in total. The smallest absolute Gasteiger partial charge is 0.338 e. The van der Waals surface area contributed by atoms with E-state index in [1.54, 1.807) is 7.11 Å². The van der Waals surface area contributed by atoms with Crippen molar-refractivity contribution in [3.05, 3.63) is 54.1 Å². The third-order valence-corrected chi connectivity index (χ3v) is 5.54. The summed E-state index contributed by atoms with van der Waals surface area (Å²) in [5.74, 6) is 0.501. The fourth-order valence-corrected chi connectivity index (χ4v) is 3.91. The highest BCUT2D eigenvalue weighted by molar-refractivity contribution is 6.10. The van der Waals surface area contributed by atoms with Crippen LogP contribution in [0.5, 0.6) is 5.75 Å². The van der Waals surface area contributed by atoms with E-state index in [9.17, 15) is 9.90 Å². The zero-order valence-corrected chi connectivity index (χ0v) is 16.2. The van der Waals surface area contributed by atoms with Crippen LogP contribution in [0.25, 0.3) is 22.2 Å². The van der Waals surface area contributed by atoms with Gasteiger partial charge in [0.05, 0.1) is 29.6 Å². The van der Waals surface area contributed by atoms with E-state index in [4.69, 9.17) is 9.72 Å². The first-order valence-corrected chi connectivity index (χ1v) is 9.64. The van der Waals surface area contributed by atoms with Gasteiger partial charge in [0.25, 0.3) is 0 Å². The molecule has 1 aliphatic heterocycles. The summed E-state index contributed by atoms with van der Waals surface area (Å²) in [5.41, 5.74) is 3.37. The van der Waals surface area contributed by atoms with Crippen molar-refractivity contribution in [3.8, 4) is 17.0 Å². The highest BCUT2D eigenvalue weighted by Crippen LogP contribution is 2.39. The summed E-state index contributed by atoms with van der Waals surface area (Å²) >= 11 is 0. The molecule has 2 aromatic carbocycles. The SMILES string of the molecule is COc1ccc(-c2nc3ccccc3c(C(=O)O)c2N2CCC(C)CC2)cc1. The van der Waals surface area contributed by atoms with E-state index in [0.717, 1.165) is 42.9 Å². The molecule has 0 aliphatic carbocycles. The van der Waals surface area contributed by atoms with Gasteiger partial charge in [-0.1, -0.05) is 25.1 Å². The fraction of sp³-hybridized carbons (Fsp3) is 0.304. The second-order valence-electron chi connectivity index (χ2n) is 7.40. The molecule has 0 amide bonds. The lowest BCUT2D eigenvalue weighted by molar-refractivity contribution is 0.0699. The summed E-state index contributed by atoms with van der Waals surface area (Å²) in [5, 5.41) is 10.8. The second kappa shape index (κ2) is 7.50. The van der Waals surface area contributed by atoms with Crippen molar-refractivity contribution in [2.45, 2.75) is 19.8 Å². The van der Waals surface area contributed by atoms with Gasteiger partial charge in [0.1, 0.15) is 5.75 Å². The molecular weight excluding hydrogens is 352 g/mol. The van der Waals surface area contributed by atoms with Gasteiger partial charge in [0, 0.05) is 24.0 Å². The molecule has 0 bridgehead atoms. The molecule has 0 saturated carbocycles. The van der Waals surface area contributed by atoms with E-state index >= 15 is 0 Å². The summed E-state index contributed by atoms with van der Waals surface area (Å²) in [6.07, 6.45) is 2.10. The molecule has 4 rings (SSSR count). The Morgan fingerprint density at radius 2 is 1.79 bits per heavy atom. The van der Waals surface area contributed by atoms with Gasteiger partial charge in [-0.2, -0.15) is 0 Å². The monoisotopic (exact) mass is 376 g/mol. The van der Waals surface area contributed by atoms with Crippen LogP contribution in [0.15, 0.2) is 48.5 Å². The summed E-state index contributed by atoms with van der Waals surface area (Å²) in [7, 11) is 1.63. The number of ether oxygens (including phenoxy) is 1. The van der Waals surface area contributed by atoms with Crippen molar-refractivity contribution in [2.24, 2.45) is 5.92 Å². The second-order valence-corrected chi connectivity index (χ2v) is 7.40. The van der Waals surface area contributed by atoms with Crippen molar-refractivity contribution in [1.29, 1.82) is 0 Å². The van der Waals surface area contributed by atoms with Gasteiger partial charge < -0.3 is 14.7 Å². The lowest BCUT2D eigenvalue weighted by atomic mass is 9.95. The van der Waals surface area contributed by atoms with Crippen molar-refractivity contribution in [3.63, 3.8) is 0 Å². The molecule has 1 aromatic heterocycles. The minimum absolute atomic E-state index is 0.339. The minimum atomic E-state index is -0.915. The van der Waals surface area contributed by atoms with Crippen LogP contribution in [0, 0.1) is 5.92 Å². The number of piperidine rings is 1. The van der Waals surface area contributed by atoms with Crippen LogP contribution in [0.1, 0.15) is 30.1 Å². The highest BCUT2D eigenvalue weighted by atomic mass is 16.5. The molecule has 28 heavy (non-hydrogen) atoms. The zero-order chi connectivity index (χ0) is 19.7. The largest absolute Gasteiger partial charge is 0.497 e. The molecule has 0 unspecified atom stereocenters. The average Bonchev–Trinajstić information content (AvgIpc) is 2.73. The maximum absolute atomic E-state index is 12.4. The number of pyridine rings is 1. The number of para-hydroxylation sites is 1. The van der Waals surface area contributed by atoms with E-state index in [1.165, 1.54) is 0 Å². The summed E-state index contributed by atoms with van der Waals surface area (Å²) in [4.78, 5) is 19.4. The fourth-order valence-electron chi connectivity index (χ4n) is 3.91. The van der Waals surface area contributed by atoms with Crippen LogP contribution >= 0.6 is 0 Å². The quantitative estimate of drug-likeness (QED) is 0.706. The lowest BCUT2D eigenvalue weighted by Crippen LogP contribution is -2.34. The number of carboxylic acid groups (broad SMARTS) is 1. The first-order valence-electron chi connectivity index (χ1n) is 9.64. The van der Waals surface area contributed by atoms with Gasteiger partial charge in [-0.15, -0.1) is 0 Å². The number of benzene rings is 2. The van der Waals surface area contributed by atoms with Crippen molar-refractivity contribution in [1.82, 2.24) is 4.98 Å². The van der Waals surface area contributed by atoms with Crippen molar-refractivity contribution < 1.29 is 14.6 Å². The Balaban J connectivity index is 1.98. The number of rotatable bonds is 4. The maximum atomic E-state index is 12.4. The molecule has 1 saturated heterocycles. The number of fused-ring (bicyclic) bond motifs is 1. The molecule has 2 heterocycles. The Bertz CT molecular complexity index is 1010. The molecule has 144 valence electrons. The number of anilines is 1. The Kier molecular flexibility index (Phi) is 4.90. The number of nitrogens with zero attached hydrogens (tertiary/aromatic N) is 2. The molecule has 0 atom stereocenters. The molecule has 1 aliphatic rings. The first kappa shape index (κ1) is 18.3. The number of methoxy groups -OCH3 is 1. The summed E-state index contributed by atoms with van der Waals surface area (Å²) < 4.78 is 5.27. The number of hydrogen-bond donors (Lipinski definition) is 1. The standard InChI is InChI=1S/C23H24N2O3/c1-15-11-13-25(14-12-15)22-20(23(26)27)18-5-3-4-6-19(18)24-21(22)16-7-9-17(28-2)10-8-16/h3-10,15H,11-14H2,1-2H3,(H,26,27). The molecular formula is C23H24N2O3. The molecule has 3 aromatic rings. The van der Waals surface area contributed by atoms with E-state index in [-0.39, 0.29) is 0 Å². The number of aromatic carboxylic acids is 1. The van der Waals surface area contributed by atoms with Crippen molar-refractivity contribution in [2.75, 3.05) is 25.1 Å². The van der Waals surface area contributed by atoms with Gasteiger partial charge in [-0.05, 0) is 49.1 Å². The predicted octanol–water partition coefficient (Wildman–Crippen LogP) is 4.84. The Hall–Kier alpha value is -3.08. The number of aromatic nitrogens is 1. The number of carbonyl (C=O) groups is 1. The molecule has 0 radical (unpaired) electrons. The predicted molar refractivity (Wildman–Crippen MR) is 111 cm³/mol. The van der Waals surface area contributed by atoms with E-state index < -0.39 is 5.97 Å². The maximum Gasteiger partial charge on any atom is 0.338 e. The van der Waals surface area contributed by atoms with E-state index in [0.29, 0.717) is 28.1 Å². The third kappa shape index (κ3) is 3.28. The summed E-state index contributed by atoms with van der Waals surface area (Å²) in [6, 6.07) is 15.1. The van der Waals surface area contributed by atoms with E-state index in [2.05, 4.69) is 11.8 Å². The van der Waals surface area contributed by atoms with Crippen LogP contribution in [0.4, 0.5) is 5.69 Å². The van der Waals surface area contributed by atoms with Crippen LogP contribution in [-0.2, 0) is 0 Å². The normalized spacial score (nSPS) is 15.0. The van der Waals surface area contributed by atoms with Gasteiger partial charge >= 0.3 is 5.97 Å². The number of hydrogen-bond acceptors (Lipinski definition) is 4. The number of carboxylic acids is 1. The van der Waals surface area contributed by atoms with Crippen LogP contribution in [0.3, 0.4) is 0 Å². The summed E-state index contributed by atoms with van der Waals surface area (Å²) in [6.45, 7) is 3.92.